The van der Waals surface area contributed by atoms with Gasteiger partial charge in [-0.2, -0.15) is 0 Å². The van der Waals surface area contributed by atoms with Crippen molar-refractivity contribution in [2.75, 3.05) is 45.7 Å². The number of aliphatic imine (C=N–C) groups is 1. The van der Waals surface area contributed by atoms with Crippen LogP contribution in [0, 0.1) is 0 Å². The first-order valence-corrected chi connectivity index (χ1v) is 11.0. The molecule has 0 saturated carbocycles. The second-order valence-electron chi connectivity index (χ2n) is 7.54. The monoisotopic (exact) mass is 445 g/mol. The average Bonchev–Trinajstić information content (AvgIpc) is 3.47. The van der Waals surface area contributed by atoms with Gasteiger partial charge in [-0.05, 0) is 18.2 Å². The minimum absolute atomic E-state index is 0.149. The van der Waals surface area contributed by atoms with Crippen LogP contribution in [-0.2, 0) is 4.84 Å². The Labute approximate surface area is 185 Å². The van der Waals surface area contributed by atoms with Crippen molar-refractivity contribution in [3.63, 3.8) is 0 Å². The van der Waals surface area contributed by atoms with Crippen LogP contribution in [0.4, 0.5) is 5.69 Å². The second kappa shape index (κ2) is 8.65. The van der Waals surface area contributed by atoms with Gasteiger partial charge >= 0.3 is 0 Å². The first-order chi connectivity index (χ1) is 14.4. The number of carbonyl (C=O) groups is 1. The number of oxime groups is 1. The molecule has 1 atom stereocenters. The van der Waals surface area contributed by atoms with E-state index in [9.17, 15) is 4.79 Å². The van der Waals surface area contributed by atoms with Gasteiger partial charge in [-0.3, -0.25) is 9.79 Å². The molecule has 30 heavy (non-hydrogen) atoms. The third-order valence-corrected chi connectivity index (χ3v) is 6.36. The van der Waals surface area contributed by atoms with Crippen molar-refractivity contribution in [3.8, 4) is 0 Å². The van der Waals surface area contributed by atoms with Crippen LogP contribution >= 0.6 is 22.9 Å². The average molecular weight is 446 g/mol. The Morgan fingerprint density at radius 1 is 1.37 bits per heavy atom. The van der Waals surface area contributed by atoms with Gasteiger partial charge in [0.1, 0.15) is 11.9 Å². The molecule has 1 amide bonds. The van der Waals surface area contributed by atoms with E-state index in [1.54, 1.807) is 12.1 Å². The van der Waals surface area contributed by atoms with Crippen LogP contribution in [0.25, 0.3) is 0 Å². The number of amides is 1. The summed E-state index contributed by atoms with van der Waals surface area (Å²) in [6.07, 6.45) is 0.436. The van der Waals surface area contributed by atoms with Crippen LogP contribution < -0.4 is 10.2 Å². The molecule has 1 unspecified atom stereocenters. The van der Waals surface area contributed by atoms with Crippen LogP contribution in [0.2, 0.25) is 4.34 Å². The van der Waals surface area contributed by atoms with Gasteiger partial charge in [-0.1, -0.05) is 28.9 Å². The quantitative estimate of drug-likeness (QED) is 0.741. The highest BCUT2D eigenvalue weighted by atomic mass is 35.5. The lowest BCUT2D eigenvalue weighted by molar-refractivity contribution is 0.0755. The molecular formula is C21H24ClN5O2S. The minimum atomic E-state index is -0.195. The molecule has 1 aromatic heterocycles. The van der Waals surface area contributed by atoms with Crippen molar-refractivity contribution in [3.05, 3.63) is 50.7 Å². The molecule has 1 aromatic carbocycles. The summed E-state index contributed by atoms with van der Waals surface area (Å²) < 4.78 is 0.595. The van der Waals surface area contributed by atoms with Crippen LogP contribution in [0.1, 0.15) is 27.2 Å². The molecule has 0 bridgehead atoms. The van der Waals surface area contributed by atoms with Crippen molar-refractivity contribution in [1.29, 1.82) is 0 Å². The zero-order valence-electron chi connectivity index (χ0n) is 17.2. The highest BCUT2D eigenvalue weighted by Crippen LogP contribution is 2.27. The largest absolute Gasteiger partial charge is 0.390 e. The van der Waals surface area contributed by atoms with Crippen LogP contribution in [0.15, 0.2) is 40.5 Å². The minimum Gasteiger partial charge on any atom is -0.390 e. The van der Waals surface area contributed by atoms with E-state index >= 15 is 0 Å². The summed E-state index contributed by atoms with van der Waals surface area (Å²) in [6.45, 7) is 2.16. The predicted octanol–water partition coefficient (Wildman–Crippen LogP) is 3.08. The van der Waals surface area contributed by atoms with Crippen molar-refractivity contribution >= 4 is 46.1 Å². The third kappa shape index (κ3) is 4.29. The lowest BCUT2D eigenvalue weighted by Crippen LogP contribution is -2.32. The molecule has 0 saturated heterocycles. The first kappa shape index (κ1) is 20.7. The third-order valence-electron chi connectivity index (χ3n) is 5.13. The van der Waals surface area contributed by atoms with Crippen molar-refractivity contribution in [1.82, 2.24) is 10.2 Å². The zero-order valence-corrected chi connectivity index (χ0v) is 18.8. The molecule has 0 spiro atoms. The van der Waals surface area contributed by atoms with Gasteiger partial charge in [0.25, 0.3) is 5.91 Å². The molecule has 0 fully saturated rings. The fourth-order valence-electron chi connectivity index (χ4n) is 3.56. The molecule has 1 N–H and O–H groups in total. The van der Waals surface area contributed by atoms with E-state index in [0.29, 0.717) is 22.2 Å². The maximum Gasteiger partial charge on any atom is 0.261 e. The van der Waals surface area contributed by atoms with Gasteiger partial charge in [0.05, 0.1) is 28.0 Å². The molecule has 3 heterocycles. The topological polar surface area (TPSA) is 69.5 Å². The molecule has 0 radical (unpaired) electrons. The van der Waals surface area contributed by atoms with Gasteiger partial charge in [0.2, 0.25) is 0 Å². The number of carbonyl (C=O) groups excluding carboxylic acids is 1. The number of thiophene rings is 1. The zero-order chi connectivity index (χ0) is 21.3. The lowest BCUT2D eigenvalue weighted by Gasteiger charge is -2.20. The first-order valence-electron chi connectivity index (χ1n) is 9.76. The fourth-order valence-corrected chi connectivity index (χ4v) is 4.52. The van der Waals surface area contributed by atoms with Crippen LogP contribution in [0.5, 0.6) is 0 Å². The van der Waals surface area contributed by atoms with Crippen LogP contribution in [-0.4, -0.2) is 69.2 Å². The van der Waals surface area contributed by atoms with Gasteiger partial charge in [-0.25, -0.2) is 0 Å². The molecule has 2 aliphatic heterocycles. The number of rotatable bonds is 6. The fraction of sp³-hybridized carbons (Fsp3) is 0.381. The van der Waals surface area contributed by atoms with Gasteiger partial charge in [-0.15, -0.1) is 11.3 Å². The Morgan fingerprint density at radius 2 is 2.20 bits per heavy atom. The summed E-state index contributed by atoms with van der Waals surface area (Å²) in [5.74, 6) is 0.868. The number of nitrogens with zero attached hydrogens (tertiary/aromatic N) is 4. The molecule has 2 aliphatic rings. The van der Waals surface area contributed by atoms with E-state index in [1.807, 2.05) is 14.1 Å². The van der Waals surface area contributed by atoms with Crippen LogP contribution in [0.3, 0.4) is 0 Å². The van der Waals surface area contributed by atoms with E-state index in [2.05, 4.69) is 50.5 Å². The lowest BCUT2D eigenvalue weighted by atomic mass is 10.00. The van der Waals surface area contributed by atoms with E-state index in [-0.39, 0.29) is 12.0 Å². The smallest absolute Gasteiger partial charge is 0.261 e. The summed E-state index contributed by atoms with van der Waals surface area (Å²) in [4.78, 5) is 27.3. The Balaban J connectivity index is 1.43. The molecule has 4 rings (SSSR count). The van der Waals surface area contributed by atoms with E-state index in [0.717, 1.165) is 41.5 Å². The summed E-state index contributed by atoms with van der Waals surface area (Å²) in [7, 11) is 6.10. The van der Waals surface area contributed by atoms with Crippen molar-refractivity contribution < 1.29 is 9.63 Å². The number of anilines is 1. The maximum atomic E-state index is 12.2. The molecule has 2 aromatic rings. The standard InChI is InChI=1S/C21H24ClN5O2S/c1-26(2)17-10-13(20-23-8-9-27(20)3)4-5-15(17)16-11-14(29-25-16)12-24-21(28)18-6-7-19(22)30-18/h4-7,10,14H,8-9,11-12H2,1-3H3,(H,24,28). The van der Waals surface area contributed by atoms with Crippen molar-refractivity contribution in [2.45, 2.75) is 12.5 Å². The highest BCUT2D eigenvalue weighted by Gasteiger charge is 2.26. The van der Waals surface area contributed by atoms with E-state index in [4.69, 9.17) is 16.4 Å². The van der Waals surface area contributed by atoms with Gasteiger partial charge < -0.3 is 20.0 Å². The van der Waals surface area contributed by atoms with Gasteiger partial charge in [0, 0.05) is 50.9 Å². The number of hydrogen-bond donors (Lipinski definition) is 1. The van der Waals surface area contributed by atoms with Gasteiger partial charge in [0.15, 0.2) is 0 Å². The highest BCUT2D eigenvalue weighted by molar-refractivity contribution is 7.18. The normalized spacial score (nSPS) is 18.1. The number of halogens is 1. The molecule has 0 aliphatic carbocycles. The number of benzene rings is 1. The number of hydrogen-bond acceptors (Lipinski definition) is 7. The second-order valence-corrected chi connectivity index (χ2v) is 9.25. The molecular weight excluding hydrogens is 422 g/mol. The Kier molecular flexibility index (Phi) is 5.97. The predicted molar refractivity (Wildman–Crippen MR) is 122 cm³/mol. The Bertz CT molecular complexity index is 1020. The summed E-state index contributed by atoms with van der Waals surface area (Å²) in [6, 6.07) is 9.75. The number of amidine groups is 1. The number of nitrogens with one attached hydrogen (secondary N) is 1. The number of likely N-dealkylation sites (N-methyl/N-ethyl adjacent to an activating group) is 1. The Hall–Kier alpha value is -2.58. The molecule has 158 valence electrons. The maximum absolute atomic E-state index is 12.2. The van der Waals surface area contributed by atoms with Crippen molar-refractivity contribution in [2.24, 2.45) is 10.1 Å². The van der Waals surface area contributed by atoms with E-state index in [1.165, 1.54) is 11.3 Å². The summed E-state index contributed by atoms with van der Waals surface area (Å²) in [5, 5.41) is 7.20. The molecule has 7 nitrogen and oxygen atoms in total. The SMILES string of the molecule is CN1CCN=C1c1ccc(C2=NOC(CNC(=O)c3ccc(Cl)s3)C2)c(N(C)C)c1. The Morgan fingerprint density at radius 3 is 2.87 bits per heavy atom. The summed E-state index contributed by atoms with van der Waals surface area (Å²) in [5.41, 5.74) is 4.07. The summed E-state index contributed by atoms with van der Waals surface area (Å²) >= 11 is 7.16. The molecule has 9 heteroatoms. The van der Waals surface area contributed by atoms with E-state index < -0.39 is 0 Å².